The molecule has 0 saturated carbocycles. The number of rotatable bonds is 8. The average Bonchev–Trinajstić information content (AvgIpc) is 3.20. The van der Waals surface area contributed by atoms with Crippen molar-refractivity contribution in [2.75, 3.05) is 26.2 Å². The third kappa shape index (κ3) is 4.82. The number of benzene rings is 3. The molecule has 3 aromatic rings. The molecule has 0 spiro atoms. The van der Waals surface area contributed by atoms with Crippen molar-refractivity contribution >= 4 is 23.4 Å². The predicted octanol–water partition coefficient (Wildman–Crippen LogP) is 3.69. The zero-order valence-corrected chi connectivity index (χ0v) is 19.8. The number of methoxy groups -OCH3 is 3. The van der Waals surface area contributed by atoms with E-state index in [9.17, 15) is 14.4 Å². The fraction of sp³-hybridized carbons (Fsp3) is 0.222. The highest BCUT2D eigenvalue weighted by Crippen LogP contribution is 2.31. The van der Waals surface area contributed by atoms with Crippen LogP contribution in [0, 0.1) is 0 Å². The van der Waals surface area contributed by atoms with Crippen LogP contribution >= 0.6 is 0 Å². The summed E-state index contributed by atoms with van der Waals surface area (Å²) in [6.07, 6.45) is -0.114. The molecule has 0 aromatic heterocycles. The molecule has 1 aliphatic heterocycles. The molecule has 4 rings (SSSR count). The molecule has 1 aliphatic rings. The van der Waals surface area contributed by atoms with Gasteiger partial charge in [0.05, 0.1) is 33.4 Å². The van der Waals surface area contributed by atoms with Crippen molar-refractivity contribution in [2.24, 2.45) is 0 Å². The monoisotopic (exact) mass is 474 g/mol. The van der Waals surface area contributed by atoms with Crippen LogP contribution < -0.4 is 19.1 Å². The van der Waals surface area contributed by atoms with Crippen LogP contribution in [0.5, 0.6) is 17.2 Å². The number of nitrogens with zero attached hydrogens (tertiary/aromatic N) is 2. The van der Waals surface area contributed by atoms with E-state index in [2.05, 4.69) is 0 Å². The first-order chi connectivity index (χ1) is 17.0. The van der Waals surface area contributed by atoms with E-state index < -0.39 is 17.9 Å². The Hall–Kier alpha value is -4.33. The topological polar surface area (TPSA) is 85.4 Å². The summed E-state index contributed by atoms with van der Waals surface area (Å²) in [5.74, 6) is 0.271. The van der Waals surface area contributed by atoms with E-state index in [1.165, 1.54) is 19.1 Å². The van der Waals surface area contributed by atoms with Gasteiger partial charge in [0, 0.05) is 12.1 Å². The quantitative estimate of drug-likeness (QED) is 0.463. The highest BCUT2D eigenvalue weighted by atomic mass is 16.5. The molecule has 0 radical (unpaired) electrons. The Morgan fingerprint density at radius 2 is 1.57 bits per heavy atom. The Bertz CT molecular complexity index is 1230. The van der Waals surface area contributed by atoms with Crippen molar-refractivity contribution in [3.05, 3.63) is 83.9 Å². The lowest BCUT2D eigenvalue weighted by Crippen LogP contribution is -2.45. The van der Waals surface area contributed by atoms with Gasteiger partial charge in [-0.15, -0.1) is 0 Å². The van der Waals surface area contributed by atoms with Gasteiger partial charge in [-0.25, -0.2) is 4.90 Å². The third-order valence-corrected chi connectivity index (χ3v) is 5.92. The van der Waals surface area contributed by atoms with E-state index in [-0.39, 0.29) is 18.9 Å². The number of amides is 3. The van der Waals surface area contributed by atoms with Gasteiger partial charge in [0.2, 0.25) is 5.91 Å². The fourth-order valence-corrected chi connectivity index (χ4v) is 4.10. The molecule has 3 aromatic carbocycles. The summed E-state index contributed by atoms with van der Waals surface area (Å²) < 4.78 is 15.8. The first-order valence-electron chi connectivity index (χ1n) is 11.0. The molecule has 0 N–H and O–H groups in total. The lowest BCUT2D eigenvalue weighted by atomic mass is 10.1. The summed E-state index contributed by atoms with van der Waals surface area (Å²) in [5.41, 5.74) is 1.59. The van der Waals surface area contributed by atoms with Crippen LogP contribution in [0.3, 0.4) is 0 Å². The maximum Gasteiger partial charge on any atom is 0.257 e. The molecule has 35 heavy (non-hydrogen) atoms. The lowest BCUT2D eigenvalue weighted by molar-refractivity contribution is -0.122. The molecular weight excluding hydrogens is 448 g/mol. The Kier molecular flexibility index (Phi) is 7.01. The number of carbonyl (C=O) groups excluding carboxylic acids is 3. The molecule has 1 saturated heterocycles. The number of hydrogen-bond donors (Lipinski definition) is 0. The molecule has 180 valence electrons. The summed E-state index contributed by atoms with van der Waals surface area (Å²) in [7, 11) is 4.54. The Labute approximate surface area is 203 Å². The predicted molar refractivity (Wildman–Crippen MR) is 130 cm³/mol. The van der Waals surface area contributed by atoms with Gasteiger partial charge in [-0.3, -0.25) is 14.4 Å². The molecule has 0 bridgehead atoms. The number of hydrogen-bond acceptors (Lipinski definition) is 6. The van der Waals surface area contributed by atoms with Gasteiger partial charge in [-0.2, -0.15) is 0 Å². The number of carbonyl (C=O) groups is 3. The smallest absolute Gasteiger partial charge is 0.257 e. The summed E-state index contributed by atoms with van der Waals surface area (Å²) in [4.78, 5) is 42.7. The summed E-state index contributed by atoms with van der Waals surface area (Å²) in [6, 6.07) is 19.9. The van der Waals surface area contributed by atoms with Crippen molar-refractivity contribution in [2.45, 2.75) is 19.0 Å². The second kappa shape index (κ2) is 10.3. The molecule has 1 unspecified atom stereocenters. The van der Waals surface area contributed by atoms with Crippen molar-refractivity contribution in [1.29, 1.82) is 0 Å². The van der Waals surface area contributed by atoms with Crippen molar-refractivity contribution in [1.82, 2.24) is 4.90 Å². The second-order valence-corrected chi connectivity index (χ2v) is 7.97. The van der Waals surface area contributed by atoms with E-state index >= 15 is 0 Å². The second-order valence-electron chi connectivity index (χ2n) is 7.97. The van der Waals surface area contributed by atoms with Gasteiger partial charge in [-0.05, 0) is 48.0 Å². The maximum absolute atomic E-state index is 13.7. The van der Waals surface area contributed by atoms with E-state index in [4.69, 9.17) is 14.2 Å². The molecule has 8 heteroatoms. The number of anilines is 1. The molecule has 1 heterocycles. The van der Waals surface area contributed by atoms with Crippen LogP contribution in [0.1, 0.15) is 22.3 Å². The zero-order valence-electron chi connectivity index (χ0n) is 19.8. The molecule has 1 atom stereocenters. The molecule has 3 amide bonds. The first-order valence-corrected chi connectivity index (χ1v) is 11.0. The van der Waals surface area contributed by atoms with E-state index in [1.807, 2.05) is 30.3 Å². The first kappa shape index (κ1) is 23.8. The van der Waals surface area contributed by atoms with Crippen LogP contribution in [-0.2, 0) is 16.1 Å². The number of ether oxygens (including phenoxy) is 3. The van der Waals surface area contributed by atoms with E-state index in [0.717, 1.165) is 10.5 Å². The fourth-order valence-electron chi connectivity index (χ4n) is 4.10. The average molecular weight is 475 g/mol. The molecule has 0 aliphatic carbocycles. The standard InChI is InChI=1S/C27H26N2O6/c1-33-21-12-10-20(11-13-21)29-25(30)16-22(27(29)32)28(17-18-7-5-4-6-8-18)26(31)19-9-14-23(34-2)24(15-19)35-3/h4-15,22H,16-17H2,1-3H3. The number of imide groups is 1. The highest BCUT2D eigenvalue weighted by Gasteiger charge is 2.44. The molecule has 8 nitrogen and oxygen atoms in total. The van der Waals surface area contributed by atoms with Crippen LogP contribution in [0.15, 0.2) is 72.8 Å². The van der Waals surface area contributed by atoms with Gasteiger partial charge in [-0.1, -0.05) is 30.3 Å². The minimum absolute atomic E-state index is 0.114. The normalized spacial score (nSPS) is 15.2. The Morgan fingerprint density at radius 1 is 0.886 bits per heavy atom. The minimum Gasteiger partial charge on any atom is -0.497 e. The van der Waals surface area contributed by atoms with Crippen LogP contribution in [-0.4, -0.2) is 50.0 Å². The molecule has 1 fully saturated rings. The van der Waals surface area contributed by atoms with Crippen molar-refractivity contribution in [3.8, 4) is 17.2 Å². The van der Waals surface area contributed by atoms with Gasteiger partial charge >= 0.3 is 0 Å². The van der Waals surface area contributed by atoms with Crippen LogP contribution in [0.2, 0.25) is 0 Å². The highest BCUT2D eigenvalue weighted by molar-refractivity contribution is 6.23. The molecular formula is C27H26N2O6. The van der Waals surface area contributed by atoms with Crippen LogP contribution in [0.25, 0.3) is 0 Å². The SMILES string of the molecule is COc1ccc(N2C(=O)CC(N(Cc3ccccc3)C(=O)c3ccc(OC)c(OC)c3)C2=O)cc1. The third-order valence-electron chi connectivity index (χ3n) is 5.92. The van der Waals surface area contributed by atoms with Gasteiger partial charge in [0.25, 0.3) is 11.8 Å². The Balaban J connectivity index is 1.69. The van der Waals surface area contributed by atoms with Gasteiger partial charge < -0.3 is 19.1 Å². The lowest BCUT2D eigenvalue weighted by Gasteiger charge is -2.28. The summed E-state index contributed by atoms with van der Waals surface area (Å²) in [6.45, 7) is 0.161. The van der Waals surface area contributed by atoms with Crippen LogP contribution in [0.4, 0.5) is 5.69 Å². The van der Waals surface area contributed by atoms with Crippen molar-refractivity contribution in [3.63, 3.8) is 0 Å². The van der Waals surface area contributed by atoms with E-state index in [1.54, 1.807) is 49.6 Å². The van der Waals surface area contributed by atoms with Gasteiger partial charge in [0.1, 0.15) is 11.8 Å². The minimum atomic E-state index is -0.953. The largest absolute Gasteiger partial charge is 0.497 e. The van der Waals surface area contributed by atoms with E-state index in [0.29, 0.717) is 28.5 Å². The maximum atomic E-state index is 13.7. The Morgan fingerprint density at radius 3 is 2.20 bits per heavy atom. The zero-order chi connectivity index (χ0) is 24.9. The summed E-state index contributed by atoms with van der Waals surface area (Å²) in [5, 5.41) is 0. The summed E-state index contributed by atoms with van der Waals surface area (Å²) >= 11 is 0. The van der Waals surface area contributed by atoms with Gasteiger partial charge in [0.15, 0.2) is 11.5 Å². The van der Waals surface area contributed by atoms with Crippen molar-refractivity contribution < 1.29 is 28.6 Å².